The summed E-state index contributed by atoms with van der Waals surface area (Å²) in [5.41, 5.74) is -0.300. The second-order valence-electron chi connectivity index (χ2n) is 9.80. The smallest absolute Gasteiger partial charge is 0.166 e. The van der Waals surface area contributed by atoms with Crippen molar-refractivity contribution in [3.8, 4) is 11.5 Å². The van der Waals surface area contributed by atoms with E-state index >= 15 is 0 Å². The van der Waals surface area contributed by atoms with Crippen molar-refractivity contribution in [2.75, 3.05) is 13.1 Å². The number of aliphatic hydroxyl groups is 2. The summed E-state index contributed by atoms with van der Waals surface area (Å²) in [6, 6.07) is 3.78. The Bertz CT molecular complexity index is 823. The predicted octanol–water partition coefficient (Wildman–Crippen LogP) is 2.10. The average molecular weight is 371 g/mol. The highest BCUT2D eigenvalue weighted by atomic mass is 16.5. The van der Waals surface area contributed by atoms with Gasteiger partial charge in [0, 0.05) is 18.2 Å². The number of hydrogen-bond acceptors (Lipinski definition) is 5. The van der Waals surface area contributed by atoms with Crippen LogP contribution in [0.1, 0.15) is 56.6 Å². The van der Waals surface area contributed by atoms with Crippen LogP contribution in [-0.4, -0.2) is 56.7 Å². The minimum absolute atomic E-state index is 0.0604. The molecule has 2 heterocycles. The summed E-state index contributed by atoms with van der Waals surface area (Å²) >= 11 is 0. The number of ether oxygens (including phenoxy) is 1. The molecule has 1 saturated heterocycles. The highest BCUT2D eigenvalue weighted by Gasteiger charge is 2.77. The van der Waals surface area contributed by atoms with Gasteiger partial charge in [0.1, 0.15) is 5.60 Å². The quantitative estimate of drug-likeness (QED) is 0.743. The van der Waals surface area contributed by atoms with E-state index in [1.54, 1.807) is 6.07 Å². The van der Waals surface area contributed by atoms with Crippen molar-refractivity contribution in [1.29, 1.82) is 0 Å². The third-order valence-corrected chi connectivity index (χ3v) is 8.88. The molecule has 1 aromatic carbocycles. The molecule has 1 unspecified atom stereocenters. The van der Waals surface area contributed by atoms with Crippen LogP contribution in [0, 0.1) is 5.92 Å². The van der Waals surface area contributed by atoms with Gasteiger partial charge < -0.3 is 20.1 Å². The van der Waals surface area contributed by atoms with Crippen LogP contribution in [0.2, 0.25) is 0 Å². The summed E-state index contributed by atoms with van der Waals surface area (Å²) in [5, 5.41) is 33.7. The number of piperidine rings is 1. The molecule has 5 heteroatoms. The van der Waals surface area contributed by atoms with Crippen LogP contribution in [0.4, 0.5) is 0 Å². The Morgan fingerprint density at radius 3 is 2.78 bits per heavy atom. The molecule has 5 nitrogen and oxygen atoms in total. The number of aliphatic hydroxyl groups excluding tert-OH is 1. The van der Waals surface area contributed by atoms with Gasteiger partial charge in [0.15, 0.2) is 11.5 Å². The molecule has 3 N–H and O–H groups in total. The SMILES string of the molecule is CC12Oc3c(O)ccc4c3[C@@]13CCN(CC1CCC1)[C@H](C4)[C@]3(O)CC[C@@H]2O. The van der Waals surface area contributed by atoms with Crippen LogP contribution in [0.25, 0.3) is 0 Å². The van der Waals surface area contributed by atoms with Crippen LogP contribution < -0.4 is 4.74 Å². The third-order valence-electron chi connectivity index (χ3n) is 8.88. The molecule has 1 aromatic rings. The second kappa shape index (κ2) is 5.00. The van der Waals surface area contributed by atoms with E-state index in [4.69, 9.17) is 4.74 Å². The van der Waals surface area contributed by atoms with Crippen molar-refractivity contribution in [2.24, 2.45) is 5.92 Å². The first-order valence-corrected chi connectivity index (χ1v) is 10.6. The number of nitrogens with zero attached hydrogens (tertiary/aromatic N) is 1. The number of rotatable bonds is 2. The van der Waals surface area contributed by atoms with Gasteiger partial charge in [-0.05, 0) is 69.5 Å². The number of phenols is 1. The van der Waals surface area contributed by atoms with Crippen LogP contribution >= 0.6 is 0 Å². The summed E-state index contributed by atoms with van der Waals surface area (Å²) in [4.78, 5) is 2.53. The van der Waals surface area contributed by atoms with Crippen LogP contribution in [0.5, 0.6) is 11.5 Å². The Morgan fingerprint density at radius 1 is 1.22 bits per heavy atom. The monoisotopic (exact) mass is 371 g/mol. The van der Waals surface area contributed by atoms with Crippen LogP contribution in [0.3, 0.4) is 0 Å². The highest BCUT2D eigenvalue weighted by molar-refractivity contribution is 5.64. The zero-order valence-corrected chi connectivity index (χ0v) is 15.9. The lowest BCUT2D eigenvalue weighted by Crippen LogP contribution is -2.80. The fourth-order valence-electron chi connectivity index (χ4n) is 7.29. The van der Waals surface area contributed by atoms with Gasteiger partial charge in [0.05, 0.1) is 17.1 Å². The van der Waals surface area contributed by atoms with E-state index in [9.17, 15) is 15.3 Å². The topological polar surface area (TPSA) is 73.2 Å². The Morgan fingerprint density at radius 2 is 2.04 bits per heavy atom. The van der Waals surface area contributed by atoms with Gasteiger partial charge in [-0.25, -0.2) is 0 Å². The molecular weight excluding hydrogens is 342 g/mol. The molecule has 0 aromatic heterocycles. The molecule has 1 spiro atoms. The summed E-state index contributed by atoms with van der Waals surface area (Å²) in [7, 11) is 0. The lowest BCUT2D eigenvalue weighted by Gasteiger charge is -2.67. The molecule has 3 fully saturated rings. The number of phenolic OH excluding ortho intramolecular Hbond substituents is 1. The molecule has 6 rings (SSSR count). The Kier molecular flexibility index (Phi) is 3.08. The van der Waals surface area contributed by atoms with Crippen molar-refractivity contribution >= 4 is 0 Å². The van der Waals surface area contributed by atoms with Crippen molar-refractivity contribution < 1.29 is 20.1 Å². The maximum absolute atomic E-state index is 12.2. The van der Waals surface area contributed by atoms with Gasteiger partial charge in [-0.1, -0.05) is 12.5 Å². The zero-order valence-electron chi connectivity index (χ0n) is 15.9. The summed E-state index contributed by atoms with van der Waals surface area (Å²) in [6.07, 6.45) is 5.99. The number of benzene rings is 1. The molecule has 2 bridgehead atoms. The van der Waals surface area contributed by atoms with E-state index in [0.717, 1.165) is 37.4 Å². The molecular formula is C22H29NO4. The largest absolute Gasteiger partial charge is 0.504 e. The zero-order chi connectivity index (χ0) is 18.6. The van der Waals surface area contributed by atoms with Crippen molar-refractivity contribution in [1.82, 2.24) is 4.90 Å². The molecule has 0 radical (unpaired) electrons. The third kappa shape index (κ3) is 1.69. The van der Waals surface area contributed by atoms with E-state index in [-0.39, 0.29) is 11.8 Å². The molecule has 146 valence electrons. The fraction of sp³-hybridized carbons (Fsp3) is 0.727. The normalized spacial score (nSPS) is 45.1. The van der Waals surface area contributed by atoms with Crippen molar-refractivity contribution in [3.63, 3.8) is 0 Å². The Balaban J connectivity index is 1.56. The maximum Gasteiger partial charge on any atom is 0.166 e. The summed E-state index contributed by atoms with van der Waals surface area (Å²) in [6.45, 7) is 3.95. The fourth-order valence-corrected chi connectivity index (χ4v) is 7.29. The molecule has 2 saturated carbocycles. The molecule has 3 aliphatic carbocycles. The maximum atomic E-state index is 12.2. The van der Waals surface area contributed by atoms with E-state index < -0.39 is 22.7 Å². The molecule has 5 atom stereocenters. The van der Waals surface area contributed by atoms with Gasteiger partial charge in [0.25, 0.3) is 0 Å². The van der Waals surface area contributed by atoms with E-state index in [2.05, 4.69) is 4.90 Å². The van der Waals surface area contributed by atoms with Crippen molar-refractivity contribution in [3.05, 3.63) is 23.3 Å². The van der Waals surface area contributed by atoms with Gasteiger partial charge in [-0.3, -0.25) is 4.90 Å². The van der Waals surface area contributed by atoms with Gasteiger partial charge >= 0.3 is 0 Å². The first-order chi connectivity index (χ1) is 12.9. The van der Waals surface area contributed by atoms with E-state index in [1.807, 2.05) is 13.0 Å². The average Bonchev–Trinajstić information content (AvgIpc) is 2.88. The predicted molar refractivity (Wildman–Crippen MR) is 100 cm³/mol. The minimum Gasteiger partial charge on any atom is -0.504 e. The van der Waals surface area contributed by atoms with Crippen LogP contribution in [0.15, 0.2) is 12.1 Å². The number of hydrogen-bond donors (Lipinski definition) is 3. The lowest BCUT2D eigenvalue weighted by atomic mass is 9.45. The van der Waals surface area contributed by atoms with Gasteiger partial charge in [-0.15, -0.1) is 0 Å². The molecule has 5 aliphatic rings. The highest BCUT2D eigenvalue weighted by Crippen LogP contribution is 2.69. The number of aromatic hydroxyl groups is 1. The first kappa shape index (κ1) is 16.6. The molecule has 0 amide bonds. The Labute approximate surface area is 159 Å². The van der Waals surface area contributed by atoms with E-state index in [1.165, 1.54) is 24.8 Å². The van der Waals surface area contributed by atoms with Gasteiger partial charge in [-0.2, -0.15) is 0 Å². The van der Waals surface area contributed by atoms with E-state index in [0.29, 0.717) is 18.6 Å². The van der Waals surface area contributed by atoms with Crippen LogP contribution in [-0.2, 0) is 11.8 Å². The molecule has 2 aliphatic heterocycles. The first-order valence-electron chi connectivity index (χ1n) is 10.6. The summed E-state index contributed by atoms with van der Waals surface area (Å²) in [5.74, 6) is 1.39. The summed E-state index contributed by atoms with van der Waals surface area (Å²) < 4.78 is 6.34. The molecule has 27 heavy (non-hydrogen) atoms. The van der Waals surface area contributed by atoms with Crippen molar-refractivity contribution in [2.45, 2.75) is 80.6 Å². The number of likely N-dealkylation sites (tertiary alicyclic amines) is 1. The van der Waals surface area contributed by atoms with Gasteiger partial charge in [0.2, 0.25) is 0 Å². The minimum atomic E-state index is -0.922. The Hall–Kier alpha value is -1.30. The lowest BCUT2D eigenvalue weighted by molar-refractivity contribution is -0.242. The second-order valence-corrected chi connectivity index (χ2v) is 9.80. The standard InChI is InChI=1S/C22H29NO4/c1-20-17(25)7-8-22(26)16-11-14-5-6-15(24)19(27-20)18(14)21(20,22)9-10-23(16)12-13-3-2-4-13/h5-6,13,16-17,24-26H,2-4,7-12H2,1H3/t16-,17+,20?,21+,22-/m1/s1.